The summed E-state index contributed by atoms with van der Waals surface area (Å²) in [5, 5.41) is 14.1. The summed E-state index contributed by atoms with van der Waals surface area (Å²) >= 11 is 0. The zero-order chi connectivity index (χ0) is 20.6. The SMILES string of the molecule is CCc1cc(NCCOc2ccccc2OC)nc(-c2ccc([N+](=O)[O-])cc2)n1. The topological polar surface area (TPSA) is 99.4 Å². The van der Waals surface area contributed by atoms with Crippen LogP contribution in [-0.2, 0) is 6.42 Å². The molecule has 0 aliphatic carbocycles. The van der Waals surface area contributed by atoms with E-state index in [2.05, 4.69) is 15.3 Å². The third-order valence-electron chi connectivity index (χ3n) is 4.21. The molecule has 0 saturated heterocycles. The Balaban J connectivity index is 1.68. The van der Waals surface area contributed by atoms with Crippen LogP contribution in [0.4, 0.5) is 11.5 Å². The van der Waals surface area contributed by atoms with Gasteiger partial charge in [-0.15, -0.1) is 0 Å². The molecular weight excluding hydrogens is 372 g/mol. The Bertz CT molecular complexity index is 977. The molecule has 0 aliphatic rings. The monoisotopic (exact) mass is 394 g/mol. The minimum absolute atomic E-state index is 0.0345. The van der Waals surface area contributed by atoms with Crippen LogP contribution in [0.1, 0.15) is 12.6 Å². The Morgan fingerprint density at radius 3 is 2.45 bits per heavy atom. The number of nitrogens with zero attached hydrogens (tertiary/aromatic N) is 3. The zero-order valence-corrected chi connectivity index (χ0v) is 16.3. The first-order chi connectivity index (χ1) is 14.1. The molecule has 150 valence electrons. The zero-order valence-electron chi connectivity index (χ0n) is 16.3. The van der Waals surface area contributed by atoms with E-state index >= 15 is 0 Å². The van der Waals surface area contributed by atoms with E-state index in [1.54, 1.807) is 19.2 Å². The molecule has 0 amide bonds. The Labute approximate surface area is 168 Å². The largest absolute Gasteiger partial charge is 0.493 e. The maximum Gasteiger partial charge on any atom is 0.269 e. The van der Waals surface area contributed by atoms with Crippen molar-refractivity contribution in [3.8, 4) is 22.9 Å². The fraction of sp³-hybridized carbons (Fsp3) is 0.238. The highest BCUT2D eigenvalue weighted by Gasteiger charge is 2.10. The van der Waals surface area contributed by atoms with Crippen molar-refractivity contribution in [1.29, 1.82) is 0 Å². The molecule has 1 heterocycles. The van der Waals surface area contributed by atoms with Gasteiger partial charge in [0, 0.05) is 29.5 Å². The second-order valence-electron chi connectivity index (χ2n) is 6.15. The number of nitro benzene ring substituents is 1. The summed E-state index contributed by atoms with van der Waals surface area (Å²) in [6.45, 7) is 2.98. The molecule has 0 saturated carbocycles. The molecule has 0 radical (unpaired) electrons. The van der Waals surface area contributed by atoms with Gasteiger partial charge < -0.3 is 14.8 Å². The van der Waals surface area contributed by atoms with Gasteiger partial charge >= 0.3 is 0 Å². The van der Waals surface area contributed by atoms with E-state index < -0.39 is 4.92 Å². The molecule has 29 heavy (non-hydrogen) atoms. The van der Waals surface area contributed by atoms with Crippen molar-refractivity contribution in [2.24, 2.45) is 0 Å². The summed E-state index contributed by atoms with van der Waals surface area (Å²) in [5.41, 5.74) is 1.63. The van der Waals surface area contributed by atoms with Gasteiger partial charge in [0.15, 0.2) is 17.3 Å². The van der Waals surface area contributed by atoms with Crippen molar-refractivity contribution in [3.63, 3.8) is 0 Å². The van der Waals surface area contributed by atoms with Crippen molar-refractivity contribution < 1.29 is 14.4 Å². The molecule has 8 heteroatoms. The lowest BCUT2D eigenvalue weighted by atomic mass is 10.2. The number of rotatable bonds is 9. The first kappa shape index (κ1) is 20.1. The summed E-state index contributed by atoms with van der Waals surface area (Å²) in [4.78, 5) is 19.5. The van der Waals surface area contributed by atoms with Gasteiger partial charge in [-0.2, -0.15) is 0 Å². The molecular formula is C21H22N4O4. The number of aryl methyl sites for hydroxylation is 1. The molecule has 0 aliphatic heterocycles. The fourth-order valence-electron chi connectivity index (χ4n) is 2.71. The van der Waals surface area contributed by atoms with Gasteiger partial charge in [-0.25, -0.2) is 9.97 Å². The summed E-state index contributed by atoms with van der Waals surface area (Å²) in [6, 6.07) is 15.6. The minimum Gasteiger partial charge on any atom is -0.493 e. The molecule has 0 spiro atoms. The van der Waals surface area contributed by atoms with Gasteiger partial charge in [0.1, 0.15) is 12.4 Å². The first-order valence-corrected chi connectivity index (χ1v) is 9.23. The number of benzene rings is 2. The Kier molecular flexibility index (Phi) is 6.57. The molecule has 0 fully saturated rings. The van der Waals surface area contributed by atoms with Gasteiger partial charge in [-0.3, -0.25) is 10.1 Å². The normalized spacial score (nSPS) is 10.4. The first-order valence-electron chi connectivity index (χ1n) is 9.23. The predicted molar refractivity (Wildman–Crippen MR) is 110 cm³/mol. The van der Waals surface area contributed by atoms with Gasteiger partial charge in [-0.05, 0) is 30.7 Å². The predicted octanol–water partition coefficient (Wildman–Crippen LogP) is 4.11. The van der Waals surface area contributed by atoms with Crippen molar-refractivity contribution in [1.82, 2.24) is 9.97 Å². The van der Waals surface area contributed by atoms with Gasteiger partial charge in [0.05, 0.1) is 18.6 Å². The maximum absolute atomic E-state index is 10.8. The minimum atomic E-state index is -0.429. The van der Waals surface area contributed by atoms with E-state index in [0.717, 1.165) is 17.7 Å². The number of para-hydroxylation sites is 2. The molecule has 0 atom stereocenters. The molecule has 0 unspecified atom stereocenters. The van der Waals surface area contributed by atoms with Gasteiger partial charge in [0.2, 0.25) is 0 Å². The second-order valence-corrected chi connectivity index (χ2v) is 6.15. The lowest BCUT2D eigenvalue weighted by molar-refractivity contribution is -0.384. The van der Waals surface area contributed by atoms with E-state index in [-0.39, 0.29) is 5.69 Å². The van der Waals surface area contributed by atoms with E-state index in [1.165, 1.54) is 12.1 Å². The van der Waals surface area contributed by atoms with Crippen LogP contribution in [0, 0.1) is 10.1 Å². The van der Waals surface area contributed by atoms with Crippen LogP contribution in [-0.4, -0.2) is 35.2 Å². The average Bonchev–Trinajstić information content (AvgIpc) is 2.76. The third-order valence-corrected chi connectivity index (χ3v) is 4.21. The highest BCUT2D eigenvalue weighted by atomic mass is 16.6. The number of aromatic nitrogens is 2. The quantitative estimate of drug-likeness (QED) is 0.331. The molecule has 3 rings (SSSR count). The summed E-state index contributed by atoms with van der Waals surface area (Å²) < 4.78 is 11.0. The Morgan fingerprint density at radius 2 is 1.79 bits per heavy atom. The highest BCUT2D eigenvalue weighted by Crippen LogP contribution is 2.25. The molecule has 8 nitrogen and oxygen atoms in total. The fourth-order valence-corrected chi connectivity index (χ4v) is 2.71. The van der Waals surface area contributed by atoms with E-state index in [4.69, 9.17) is 9.47 Å². The van der Waals surface area contributed by atoms with Crippen molar-refractivity contribution in [2.45, 2.75) is 13.3 Å². The van der Waals surface area contributed by atoms with Crippen LogP contribution in [0.2, 0.25) is 0 Å². The number of ether oxygens (including phenoxy) is 2. The van der Waals surface area contributed by atoms with Crippen molar-refractivity contribution in [2.75, 3.05) is 25.6 Å². The Hall–Kier alpha value is -3.68. The number of methoxy groups -OCH3 is 1. The van der Waals surface area contributed by atoms with Gasteiger partial charge in [0.25, 0.3) is 5.69 Å². The lowest BCUT2D eigenvalue weighted by Gasteiger charge is -2.12. The Morgan fingerprint density at radius 1 is 1.07 bits per heavy atom. The number of nitrogens with one attached hydrogen (secondary N) is 1. The lowest BCUT2D eigenvalue weighted by Crippen LogP contribution is -2.13. The molecule has 2 aromatic carbocycles. The van der Waals surface area contributed by atoms with Crippen LogP contribution in [0.15, 0.2) is 54.6 Å². The van der Waals surface area contributed by atoms with Crippen LogP contribution in [0.25, 0.3) is 11.4 Å². The molecule has 1 aromatic heterocycles. The second kappa shape index (κ2) is 9.50. The van der Waals surface area contributed by atoms with E-state index in [9.17, 15) is 10.1 Å². The standard InChI is InChI=1S/C21H22N4O4/c1-3-16-14-20(22-12-13-29-19-7-5-4-6-18(19)28-2)24-21(23-16)15-8-10-17(11-9-15)25(26)27/h4-11,14H,3,12-13H2,1-2H3,(H,22,23,24). The summed E-state index contributed by atoms with van der Waals surface area (Å²) in [6.07, 6.45) is 0.745. The number of nitro groups is 1. The number of anilines is 1. The van der Waals surface area contributed by atoms with Crippen molar-refractivity contribution >= 4 is 11.5 Å². The molecule has 1 N–H and O–H groups in total. The average molecular weight is 394 g/mol. The van der Waals surface area contributed by atoms with Gasteiger partial charge in [-0.1, -0.05) is 19.1 Å². The van der Waals surface area contributed by atoms with Crippen molar-refractivity contribution in [3.05, 3.63) is 70.4 Å². The van der Waals surface area contributed by atoms with Crippen LogP contribution >= 0.6 is 0 Å². The summed E-state index contributed by atoms with van der Waals surface area (Å²) in [5.74, 6) is 2.56. The van der Waals surface area contributed by atoms with Crippen LogP contribution in [0.3, 0.4) is 0 Å². The smallest absolute Gasteiger partial charge is 0.269 e. The molecule has 0 bridgehead atoms. The van der Waals surface area contributed by atoms with E-state index in [0.29, 0.717) is 36.3 Å². The molecule has 3 aromatic rings. The number of non-ortho nitro benzene ring substituents is 1. The third kappa shape index (κ3) is 5.19. The maximum atomic E-state index is 10.8. The van der Waals surface area contributed by atoms with E-state index in [1.807, 2.05) is 37.3 Å². The number of hydrogen-bond donors (Lipinski definition) is 1. The van der Waals surface area contributed by atoms with Crippen LogP contribution < -0.4 is 14.8 Å². The summed E-state index contributed by atoms with van der Waals surface area (Å²) in [7, 11) is 1.60. The number of hydrogen-bond acceptors (Lipinski definition) is 7. The highest BCUT2D eigenvalue weighted by molar-refractivity contribution is 5.59. The van der Waals surface area contributed by atoms with Crippen LogP contribution in [0.5, 0.6) is 11.5 Å².